The summed E-state index contributed by atoms with van der Waals surface area (Å²) >= 11 is 11.6. The van der Waals surface area contributed by atoms with Crippen LogP contribution in [0.3, 0.4) is 0 Å². The third-order valence-electron chi connectivity index (χ3n) is 2.25. The van der Waals surface area contributed by atoms with E-state index in [1.807, 2.05) is 6.92 Å². The lowest BCUT2D eigenvalue weighted by Gasteiger charge is -1.97. The molecule has 0 saturated carbocycles. The van der Waals surface area contributed by atoms with Gasteiger partial charge in [-0.25, -0.2) is 4.39 Å². The van der Waals surface area contributed by atoms with Crippen molar-refractivity contribution in [3.63, 3.8) is 0 Å². The van der Waals surface area contributed by atoms with Gasteiger partial charge in [-0.15, -0.1) is 11.6 Å². The summed E-state index contributed by atoms with van der Waals surface area (Å²) in [6.45, 7) is 1.91. The lowest BCUT2D eigenvalue weighted by atomic mass is 10.2. The van der Waals surface area contributed by atoms with Crippen molar-refractivity contribution in [3.05, 3.63) is 34.9 Å². The maximum Gasteiger partial charge on any atom is 0.258 e. The van der Waals surface area contributed by atoms with Crippen LogP contribution in [-0.2, 0) is 0 Å². The van der Waals surface area contributed by atoms with Crippen LogP contribution in [0.1, 0.15) is 24.5 Å². The van der Waals surface area contributed by atoms with Gasteiger partial charge in [-0.2, -0.15) is 4.98 Å². The molecule has 0 N–H and O–H groups in total. The van der Waals surface area contributed by atoms with E-state index in [0.29, 0.717) is 17.8 Å². The van der Waals surface area contributed by atoms with E-state index in [4.69, 9.17) is 27.7 Å². The summed E-state index contributed by atoms with van der Waals surface area (Å²) in [6, 6.07) is 4.29. The summed E-state index contributed by atoms with van der Waals surface area (Å²) in [4.78, 5) is 4.10. The van der Waals surface area contributed by atoms with Crippen molar-refractivity contribution in [2.45, 2.75) is 18.7 Å². The summed E-state index contributed by atoms with van der Waals surface area (Å²) < 4.78 is 18.3. The summed E-state index contributed by atoms with van der Waals surface area (Å²) in [6.07, 6.45) is 0.690. The zero-order chi connectivity index (χ0) is 12.4. The zero-order valence-electron chi connectivity index (χ0n) is 8.95. The molecule has 0 aliphatic heterocycles. The molecule has 6 heteroatoms. The molecule has 2 aromatic rings. The first-order valence-electron chi connectivity index (χ1n) is 5.05. The van der Waals surface area contributed by atoms with E-state index in [2.05, 4.69) is 10.1 Å². The number of nitrogens with zero attached hydrogens (tertiary/aromatic N) is 2. The number of halogens is 3. The molecule has 0 bridgehead atoms. The lowest BCUT2D eigenvalue weighted by molar-refractivity contribution is 0.421. The molecule has 1 atom stereocenters. The first kappa shape index (κ1) is 12.3. The molecule has 1 aromatic carbocycles. The number of hydrogen-bond acceptors (Lipinski definition) is 3. The molecule has 0 radical (unpaired) electrons. The van der Waals surface area contributed by atoms with E-state index in [1.54, 1.807) is 6.07 Å². The molecule has 2 rings (SSSR count). The smallest absolute Gasteiger partial charge is 0.258 e. The molecule has 3 nitrogen and oxygen atoms in total. The fourth-order valence-corrected chi connectivity index (χ4v) is 1.50. The monoisotopic (exact) mass is 274 g/mol. The largest absolute Gasteiger partial charge is 0.334 e. The Morgan fingerprint density at radius 1 is 1.47 bits per heavy atom. The van der Waals surface area contributed by atoms with Gasteiger partial charge in [0.25, 0.3) is 5.89 Å². The predicted octanol–water partition coefficient (Wildman–Crippen LogP) is 4.22. The van der Waals surface area contributed by atoms with Gasteiger partial charge in [0.05, 0.1) is 10.4 Å². The fourth-order valence-electron chi connectivity index (χ4n) is 1.29. The minimum atomic E-state index is -0.526. The Morgan fingerprint density at radius 2 is 2.24 bits per heavy atom. The van der Waals surface area contributed by atoms with E-state index < -0.39 is 5.82 Å². The van der Waals surface area contributed by atoms with Crippen molar-refractivity contribution < 1.29 is 8.91 Å². The normalized spacial score (nSPS) is 12.7. The highest BCUT2D eigenvalue weighted by molar-refractivity contribution is 6.30. The highest BCUT2D eigenvalue weighted by Gasteiger charge is 2.15. The highest BCUT2D eigenvalue weighted by atomic mass is 35.5. The van der Waals surface area contributed by atoms with Crippen molar-refractivity contribution in [1.82, 2.24) is 10.1 Å². The Hall–Kier alpha value is -1.13. The van der Waals surface area contributed by atoms with E-state index in [0.717, 1.165) is 0 Å². The second-order valence-corrected chi connectivity index (χ2v) is 4.40. The summed E-state index contributed by atoms with van der Waals surface area (Å²) in [5.41, 5.74) is 0.477. The predicted molar refractivity (Wildman–Crippen MR) is 63.6 cm³/mol. The van der Waals surface area contributed by atoms with Gasteiger partial charge in [0.15, 0.2) is 5.82 Å². The number of rotatable bonds is 3. The molecule has 1 aromatic heterocycles. The van der Waals surface area contributed by atoms with Gasteiger partial charge >= 0.3 is 0 Å². The lowest BCUT2D eigenvalue weighted by Crippen LogP contribution is -1.90. The van der Waals surface area contributed by atoms with E-state index in [1.165, 1.54) is 12.1 Å². The third-order valence-corrected chi connectivity index (χ3v) is 3.06. The van der Waals surface area contributed by atoms with Crippen LogP contribution in [0, 0.1) is 5.82 Å². The van der Waals surface area contributed by atoms with Gasteiger partial charge in [0.1, 0.15) is 5.82 Å². The minimum Gasteiger partial charge on any atom is -0.334 e. The van der Waals surface area contributed by atoms with Crippen molar-refractivity contribution >= 4 is 23.2 Å². The molecule has 0 aliphatic rings. The zero-order valence-corrected chi connectivity index (χ0v) is 10.5. The second kappa shape index (κ2) is 5.02. The molecule has 0 saturated heterocycles. The molecule has 1 unspecified atom stereocenters. The Morgan fingerprint density at radius 3 is 2.88 bits per heavy atom. The quantitative estimate of drug-likeness (QED) is 0.787. The molecule has 0 amide bonds. The number of aromatic nitrogens is 2. The average molecular weight is 275 g/mol. The van der Waals surface area contributed by atoms with Crippen molar-refractivity contribution in [2.75, 3.05) is 0 Å². The summed E-state index contributed by atoms with van der Waals surface area (Å²) in [5.74, 6) is 0.107. The average Bonchev–Trinajstić information content (AvgIpc) is 2.81. The van der Waals surface area contributed by atoms with Crippen molar-refractivity contribution in [2.24, 2.45) is 0 Å². The van der Waals surface area contributed by atoms with Crippen molar-refractivity contribution in [1.29, 1.82) is 0 Å². The van der Waals surface area contributed by atoms with Crippen LogP contribution in [0.2, 0.25) is 5.02 Å². The molecule has 0 aliphatic carbocycles. The van der Waals surface area contributed by atoms with E-state index in [9.17, 15) is 4.39 Å². The third kappa shape index (κ3) is 2.58. The Balaban J connectivity index is 2.33. The number of benzene rings is 1. The maximum atomic E-state index is 13.2. The molecule has 1 heterocycles. The van der Waals surface area contributed by atoms with Crippen LogP contribution in [0.5, 0.6) is 0 Å². The SMILES string of the molecule is CCC(Cl)c1noc(-c2ccc(Cl)c(F)c2)n1. The molecule has 0 spiro atoms. The summed E-state index contributed by atoms with van der Waals surface area (Å²) in [5, 5.41) is 3.49. The van der Waals surface area contributed by atoms with Crippen LogP contribution in [0.15, 0.2) is 22.7 Å². The summed E-state index contributed by atoms with van der Waals surface area (Å²) in [7, 11) is 0. The van der Waals surface area contributed by atoms with Crippen LogP contribution in [0.4, 0.5) is 4.39 Å². The van der Waals surface area contributed by atoms with Crippen LogP contribution in [0.25, 0.3) is 11.5 Å². The van der Waals surface area contributed by atoms with Gasteiger partial charge in [-0.05, 0) is 24.6 Å². The van der Waals surface area contributed by atoms with Crippen molar-refractivity contribution in [3.8, 4) is 11.5 Å². The molecular weight excluding hydrogens is 266 g/mol. The van der Waals surface area contributed by atoms with Gasteiger partial charge in [-0.1, -0.05) is 23.7 Å². The first-order valence-corrected chi connectivity index (χ1v) is 5.86. The molecule has 0 fully saturated rings. The fraction of sp³-hybridized carbons (Fsp3) is 0.273. The Labute approximate surface area is 108 Å². The number of hydrogen-bond donors (Lipinski definition) is 0. The second-order valence-electron chi connectivity index (χ2n) is 3.46. The standard InChI is InChI=1S/C11H9Cl2FN2O/c1-2-7(12)10-15-11(17-16-10)6-3-4-8(13)9(14)5-6/h3-5,7H,2H2,1H3. The first-order chi connectivity index (χ1) is 8.11. The molecular formula is C11H9Cl2FN2O. The van der Waals surface area contributed by atoms with Gasteiger partial charge in [-0.3, -0.25) is 0 Å². The highest BCUT2D eigenvalue weighted by Crippen LogP contribution is 2.26. The molecule has 17 heavy (non-hydrogen) atoms. The minimum absolute atomic E-state index is 0.0530. The van der Waals surface area contributed by atoms with Gasteiger partial charge < -0.3 is 4.52 Å². The van der Waals surface area contributed by atoms with Gasteiger partial charge in [0, 0.05) is 5.56 Å². The Kier molecular flexibility index (Phi) is 3.64. The topological polar surface area (TPSA) is 38.9 Å². The number of alkyl halides is 1. The molecule has 90 valence electrons. The Bertz CT molecular complexity index is 530. The maximum absolute atomic E-state index is 13.2. The van der Waals surface area contributed by atoms with Crippen LogP contribution in [-0.4, -0.2) is 10.1 Å². The van der Waals surface area contributed by atoms with Crippen LogP contribution >= 0.6 is 23.2 Å². The van der Waals surface area contributed by atoms with E-state index in [-0.39, 0.29) is 16.3 Å². The van der Waals surface area contributed by atoms with Gasteiger partial charge in [0.2, 0.25) is 0 Å². The van der Waals surface area contributed by atoms with E-state index >= 15 is 0 Å². The van der Waals surface area contributed by atoms with Crippen LogP contribution < -0.4 is 0 Å².